The number of nitrogens with zero attached hydrogens (tertiary/aromatic N) is 3. The number of anilines is 1. The fourth-order valence-corrected chi connectivity index (χ4v) is 4.75. The number of carbonyl (C=O) groups excluding carboxylic acids is 2. The predicted octanol–water partition coefficient (Wildman–Crippen LogP) is 3.60. The number of Topliss-reactive ketones (excluding diaryl/α,β-unsaturated/α-hetero) is 1. The third kappa shape index (κ3) is 6.31. The molecule has 0 bridgehead atoms. The van der Waals surface area contributed by atoms with Crippen LogP contribution < -0.4 is 10.3 Å². The smallest absolute Gasteiger partial charge is 0.307 e. The first-order valence-electron chi connectivity index (χ1n) is 11.0. The molecule has 0 saturated heterocycles. The van der Waals surface area contributed by atoms with Crippen molar-refractivity contribution in [3.05, 3.63) is 57.7 Å². The van der Waals surface area contributed by atoms with Gasteiger partial charge in [0.1, 0.15) is 6.04 Å². The number of hydrogen-bond acceptors (Lipinski definition) is 8. The summed E-state index contributed by atoms with van der Waals surface area (Å²) in [6.45, 7) is 1.96. The van der Waals surface area contributed by atoms with Crippen molar-refractivity contribution in [2.75, 3.05) is 11.3 Å². The number of pyridine rings is 1. The Labute approximate surface area is 213 Å². The Morgan fingerprint density at radius 2 is 2.00 bits per heavy atom. The second-order valence-corrected chi connectivity index (χ2v) is 11.1. The van der Waals surface area contributed by atoms with Crippen LogP contribution >= 0.6 is 23.2 Å². The first kappa shape index (κ1) is 25.4. The Kier molecular flexibility index (Phi) is 7.35. The molecule has 1 fully saturated rings. The molecular weight excluding hydrogens is 515 g/mol. The first-order valence-corrected chi connectivity index (χ1v) is 13.6. The van der Waals surface area contributed by atoms with E-state index in [0.29, 0.717) is 22.1 Å². The normalized spacial score (nSPS) is 18.7. The van der Waals surface area contributed by atoms with E-state index in [2.05, 4.69) is 15.4 Å². The lowest BCUT2D eigenvalue weighted by Gasteiger charge is -2.22. The maximum absolute atomic E-state index is 13.5. The standard InChI is InChI=1S/C23H24Cl2N4O5S/c1-13(14-5-6-14)27-23(31)17-11-16(24)8-7-15(17)10-20(30)19-12-21(34-35(2,32)33)28-29(19)22-18(25)4-3-9-26-22/h3-4,7-9,11,13-14,19H,5-6,10,12H2,1-2H3,(H,27,31). The highest BCUT2D eigenvalue weighted by Crippen LogP contribution is 2.33. The lowest BCUT2D eigenvalue weighted by molar-refractivity contribution is -0.119. The number of halogens is 2. The van der Waals surface area contributed by atoms with Gasteiger partial charge in [-0.3, -0.25) is 9.59 Å². The van der Waals surface area contributed by atoms with Gasteiger partial charge >= 0.3 is 10.1 Å². The molecule has 35 heavy (non-hydrogen) atoms. The SMILES string of the molecule is CC(NC(=O)c1cc(Cl)ccc1CC(=O)C1CC(OS(C)(=O)=O)=NN1c1ncccc1Cl)C1CC1. The summed E-state index contributed by atoms with van der Waals surface area (Å²) in [6.07, 6.45) is 4.31. The van der Waals surface area contributed by atoms with Gasteiger partial charge in [-0.05, 0) is 55.5 Å². The predicted molar refractivity (Wildman–Crippen MR) is 133 cm³/mol. The number of amides is 1. The van der Waals surface area contributed by atoms with Crippen molar-refractivity contribution in [1.82, 2.24) is 10.3 Å². The molecule has 1 N–H and O–H groups in total. The highest BCUT2D eigenvalue weighted by molar-refractivity contribution is 7.86. The molecule has 2 aliphatic rings. The summed E-state index contributed by atoms with van der Waals surface area (Å²) in [5.41, 5.74) is 0.803. The number of hydrogen-bond donors (Lipinski definition) is 1. The van der Waals surface area contributed by atoms with E-state index < -0.39 is 16.2 Å². The van der Waals surface area contributed by atoms with Gasteiger partial charge in [-0.1, -0.05) is 29.3 Å². The number of rotatable bonds is 8. The van der Waals surface area contributed by atoms with E-state index in [1.165, 1.54) is 17.3 Å². The number of nitrogens with one attached hydrogen (secondary N) is 1. The van der Waals surface area contributed by atoms with Gasteiger partial charge in [0, 0.05) is 29.2 Å². The topological polar surface area (TPSA) is 118 Å². The number of ketones is 1. The van der Waals surface area contributed by atoms with Gasteiger partial charge < -0.3 is 9.50 Å². The number of carbonyl (C=O) groups is 2. The van der Waals surface area contributed by atoms with Gasteiger partial charge in [0.05, 0.1) is 17.7 Å². The van der Waals surface area contributed by atoms with Crippen LogP contribution in [0.5, 0.6) is 0 Å². The molecule has 186 valence electrons. The maximum Gasteiger partial charge on any atom is 0.307 e. The van der Waals surface area contributed by atoms with E-state index in [4.69, 9.17) is 27.4 Å². The van der Waals surface area contributed by atoms with Gasteiger partial charge in [-0.2, -0.15) is 8.42 Å². The molecule has 4 rings (SSSR count). The third-order valence-electron chi connectivity index (χ3n) is 5.83. The molecule has 1 aliphatic heterocycles. The second-order valence-electron chi connectivity index (χ2n) is 8.70. The Balaban J connectivity index is 1.59. The van der Waals surface area contributed by atoms with Crippen LogP contribution in [0.1, 0.15) is 42.1 Å². The molecule has 1 aliphatic carbocycles. The van der Waals surface area contributed by atoms with Crippen LogP contribution in [-0.4, -0.2) is 49.3 Å². The molecule has 1 saturated carbocycles. The minimum absolute atomic E-state index is 0.0192. The van der Waals surface area contributed by atoms with E-state index in [9.17, 15) is 18.0 Å². The van der Waals surface area contributed by atoms with Gasteiger partial charge in [0.25, 0.3) is 5.91 Å². The Morgan fingerprint density at radius 1 is 1.26 bits per heavy atom. The Bertz CT molecular complexity index is 1300. The molecule has 2 heterocycles. The fraction of sp³-hybridized carbons (Fsp3) is 0.391. The monoisotopic (exact) mass is 538 g/mol. The molecule has 2 atom stereocenters. The van der Waals surface area contributed by atoms with E-state index in [0.717, 1.165) is 19.1 Å². The van der Waals surface area contributed by atoms with E-state index in [1.807, 2.05) is 6.92 Å². The fourth-order valence-electron chi connectivity index (χ4n) is 3.92. The largest absolute Gasteiger partial charge is 0.365 e. The number of hydrazone groups is 1. The van der Waals surface area contributed by atoms with E-state index >= 15 is 0 Å². The zero-order valence-electron chi connectivity index (χ0n) is 19.1. The maximum atomic E-state index is 13.5. The average molecular weight is 539 g/mol. The van der Waals surface area contributed by atoms with Crippen LogP contribution in [0.4, 0.5) is 5.82 Å². The quantitative estimate of drug-likeness (QED) is 0.510. The van der Waals surface area contributed by atoms with E-state index in [1.54, 1.807) is 24.3 Å². The molecule has 0 radical (unpaired) electrons. The van der Waals surface area contributed by atoms with Crippen LogP contribution in [-0.2, 0) is 25.5 Å². The van der Waals surface area contributed by atoms with Crippen molar-refractivity contribution >= 4 is 56.7 Å². The van der Waals surface area contributed by atoms with E-state index in [-0.39, 0.29) is 47.3 Å². The molecule has 2 aromatic rings. The summed E-state index contributed by atoms with van der Waals surface area (Å²) in [7, 11) is -3.86. The van der Waals surface area contributed by atoms with Crippen molar-refractivity contribution in [1.29, 1.82) is 0 Å². The summed E-state index contributed by atoms with van der Waals surface area (Å²) in [5.74, 6) is -0.132. The minimum Gasteiger partial charge on any atom is -0.365 e. The molecule has 12 heteroatoms. The van der Waals surface area contributed by atoms with Crippen molar-refractivity contribution in [3.8, 4) is 0 Å². The first-order chi connectivity index (χ1) is 16.5. The van der Waals surface area contributed by atoms with Crippen molar-refractivity contribution in [2.24, 2.45) is 11.0 Å². The Morgan fingerprint density at radius 3 is 2.66 bits per heavy atom. The molecular formula is C23H24Cl2N4O5S. The van der Waals surface area contributed by atoms with Gasteiger partial charge in [0.15, 0.2) is 11.6 Å². The summed E-state index contributed by atoms with van der Waals surface area (Å²) >= 11 is 12.4. The average Bonchev–Trinajstić information content (AvgIpc) is 3.55. The van der Waals surface area contributed by atoms with Crippen LogP contribution in [0.3, 0.4) is 0 Å². The number of benzene rings is 1. The highest BCUT2D eigenvalue weighted by atomic mass is 35.5. The molecule has 1 amide bonds. The second kappa shape index (κ2) is 10.1. The van der Waals surface area contributed by atoms with Crippen LogP contribution in [0.15, 0.2) is 41.6 Å². The molecule has 1 aromatic carbocycles. The summed E-state index contributed by atoms with van der Waals surface area (Å²) < 4.78 is 28.2. The Hall–Kier alpha value is -2.69. The minimum atomic E-state index is -3.86. The van der Waals surface area contributed by atoms with Gasteiger partial charge in [-0.15, -0.1) is 5.10 Å². The van der Waals surface area contributed by atoms with Crippen molar-refractivity contribution in [2.45, 2.75) is 44.7 Å². The molecule has 9 nitrogen and oxygen atoms in total. The van der Waals surface area contributed by atoms with Crippen LogP contribution in [0.2, 0.25) is 10.0 Å². The highest BCUT2D eigenvalue weighted by Gasteiger charge is 2.38. The lowest BCUT2D eigenvalue weighted by Crippen LogP contribution is -2.37. The van der Waals surface area contributed by atoms with Gasteiger partial charge in [0.2, 0.25) is 5.90 Å². The zero-order valence-corrected chi connectivity index (χ0v) is 21.4. The van der Waals surface area contributed by atoms with Crippen LogP contribution in [0, 0.1) is 5.92 Å². The molecule has 2 unspecified atom stereocenters. The molecule has 0 spiro atoms. The zero-order chi connectivity index (χ0) is 25.3. The molecule has 1 aromatic heterocycles. The van der Waals surface area contributed by atoms with Crippen molar-refractivity contribution < 1.29 is 22.2 Å². The lowest BCUT2D eigenvalue weighted by atomic mass is 9.97. The van der Waals surface area contributed by atoms with Gasteiger partial charge in [-0.25, -0.2) is 9.99 Å². The number of aromatic nitrogens is 1. The van der Waals surface area contributed by atoms with Crippen LogP contribution in [0.25, 0.3) is 0 Å². The summed E-state index contributed by atoms with van der Waals surface area (Å²) in [5, 5.41) is 9.02. The van der Waals surface area contributed by atoms with Crippen molar-refractivity contribution in [3.63, 3.8) is 0 Å². The summed E-state index contributed by atoms with van der Waals surface area (Å²) in [6, 6.07) is 7.08. The third-order valence-corrected chi connectivity index (χ3v) is 6.85. The summed E-state index contributed by atoms with van der Waals surface area (Å²) in [4.78, 5) is 30.6.